The molecule has 0 unspecified atom stereocenters. The molecular formula is C13H15NO3. The Labute approximate surface area is 101 Å². The molecule has 0 saturated heterocycles. The van der Waals surface area contributed by atoms with Crippen LogP contribution in [-0.4, -0.2) is 19.0 Å². The SMILES string of the molecule is C=CCC/C(=N/OC(=O)OC)c1ccccc1. The second-order valence-corrected chi connectivity index (χ2v) is 3.28. The van der Waals surface area contributed by atoms with E-state index in [4.69, 9.17) is 0 Å². The Bertz CT molecular complexity index is 398. The quantitative estimate of drug-likeness (QED) is 0.258. The molecule has 0 bridgehead atoms. The topological polar surface area (TPSA) is 47.9 Å². The van der Waals surface area contributed by atoms with E-state index in [0.717, 1.165) is 12.0 Å². The minimum absolute atomic E-state index is 0.657. The molecule has 4 heteroatoms. The summed E-state index contributed by atoms with van der Waals surface area (Å²) in [5, 5.41) is 3.80. The van der Waals surface area contributed by atoms with E-state index >= 15 is 0 Å². The first-order chi connectivity index (χ1) is 8.27. The zero-order valence-electron chi connectivity index (χ0n) is 9.76. The molecule has 0 spiro atoms. The third kappa shape index (κ3) is 4.51. The van der Waals surface area contributed by atoms with Crippen molar-refractivity contribution in [2.45, 2.75) is 12.8 Å². The first-order valence-corrected chi connectivity index (χ1v) is 5.26. The molecule has 0 amide bonds. The second kappa shape index (κ2) is 7.22. The van der Waals surface area contributed by atoms with Crippen LogP contribution >= 0.6 is 0 Å². The molecule has 0 aromatic heterocycles. The molecule has 1 rings (SSSR count). The van der Waals surface area contributed by atoms with Gasteiger partial charge in [0.15, 0.2) is 0 Å². The molecule has 0 aliphatic carbocycles. The molecule has 0 aliphatic heterocycles. The van der Waals surface area contributed by atoms with Crippen LogP contribution in [0, 0.1) is 0 Å². The maximum atomic E-state index is 10.8. The lowest BCUT2D eigenvalue weighted by Crippen LogP contribution is -2.05. The van der Waals surface area contributed by atoms with Gasteiger partial charge >= 0.3 is 6.16 Å². The van der Waals surface area contributed by atoms with Crippen molar-refractivity contribution in [1.82, 2.24) is 0 Å². The number of methoxy groups -OCH3 is 1. The fraction of sp³-hybridized carbons (Fsp3) is 0.231. The number of hydrogen-bond acceptors (Lipinski definition) is 4. The van der Waals surface area contributed by atoms with E-state index in [1.807, 2.05) is 30.3 Å². The molecule has 17 heavy (non-hydrogen) atoms. The highest BCUT2D eigenvalue weighted by Crippen LogP contribution is 2.07. The second-order valence-electron chi connectivity index (χ2n) is 3.28. The number of nitrogens with zero attached hydrogens (tertiary/aromatic N) is 1. The Morgan fingerprint density at radius 1 is 1.41 bits per heavy atom. The first kappa shape index (κ1) is 13.0. The molecule has 1 aromatic carbocycles. The summed E-state index contributed by atoms with van der Waals surface area (Å²) >= 11 is 0. The highest BCUT2D eigenvalue weighted by molar-refractivity contribution is 6.00. The predicted molar refractivity (Wildman–Crippen MR) is 65.9 cm³/mol. The average molecular weight is 233 g/mol. The van der Waals surface area contributed by atoms with Gasteiger partial charge in [0, 0.05) is 0 Å². The number of ether oxygens (including phenoxy) is 1. The van der Waals surface area contributed by atoms with Gasteiger partial charge in [-0.1, -0.05) is 41.6 Å². The first-order valence-electron chi connectivity index (χ1n) is 5.26. The maximum Gasteiger partial charge on any atom is 0.534 e. The molecule has 90 valence electrons. The lowest BCUT2D eigenvalue weighted by Gasteiger charge is -2.04. The Morgan fingerprint density at radius 3 is 2.71 bits per heavy atom. The van der Waals surface area contributed by atoms with Gasteiger partial charge in [0.1, 0.15) is 0 Å². The molecule has 0 aliphatic rings. The lowest BCUT2D eigenvalue weighted by atomic mass is 10.1. The van der Waals surface area contributed by atoms with Gasteiger partial charge in [-0.25, -0.2) is 4.79 Å². The molecule has 4 nitrogen and oxygen atoms in total. The van der Waals surface area contributed by atoms with Crippen molar-refractivity contribution < 1.29 is 14.4 Å². The Balaban J connectivity index is 2.80. The zero-order valence-corrected chi connectivity index (χ0v) is 9.76. The third-order valence-electron chi connectivity index (χ3n) is 2.09. The Hall–Kier alpha value is -2.10. The zero-order chi connectivity index (χ0) is 12.5. The molecule has 0 N–H and O–H groups in total. The smallest absolute Gasteiger partial charge is 0.436 e. The maximum absolute atomic E-state index is 10.8. The summed E-state index contributed by atoms with van der Waals surface area (Å²) < 4.78 is 4.35. The van der Waals surface area contributed by atoms with Crippen LogP contribution in [0.25, 0.3) is 0 Å². The normalized spacial score (nSPS) is 10.8. The molecular weight excluding hydrogens is 218 g/mol. The number of hydrogen-bond donors (Lipinski definition) is 0. The van der Waals surface area contributed by atoms with E-state index in [-0.39, 0.29) is 0 Å². The van der Waals surface area contributed by atoms with Crippen molar-refractivity contribution in [3.63, 3.8) is 0 Å². The van der Waals surface area contributed by atoms with Crippen LogP contribution in [0.2, 0.25) is 0 Å². The van der Waals surface area contributed by atoms with E-state index in [2.05, 4.69) is 21.3 Å². The fourth-order valence-corrected chi connectivity index (χ4v) is 1.24. The molecule has 0 radical (unpaired) electrons. The van der Waals surface area contributed by atoms with Crippen LogP contribution in [0.1, 0.15) is 18.4 Å². The average Bonchev–Trinajstić information content (AvgIpc) is 2.39. The summed E-state index contributed by atoms with van der Waals surface area (Å²) in [6.45, 7) is 3.65. The van der Waals surface area contributed by atoms with Gasteiger partial charge in [-0.3, -0.25) is 4.84 Å². The highest BCUT2D eigenvalue weighted by Gasteiger charge is 2.05. The van der Waals surface area contributed by atoms with Gasteiger partial charge < -0.3 is 4.74 Å². The van der Waals surface area contributed by atoms with Gasteiger partial charge in [-0.15, -0.1) is 6.58 Å². The van der Waals surface area contributed by atoms with Gasteiger partial charge in [-0.05, 0) is 18.4 Å². The summed E-state index contributed by atoms with van der Waals surface area (Å²) in [4.78, 5) is 15.4. The van der Waals surface area contributed by atoms with Crippen molar-refractivity contribution in [1.29, 1.82) is 0 Å². The van der Waals surface area contributed by atoms with Gasteiger partial charge in [0.25, 0.3) is 0 Å². The number of allylic oxidation sites excluding steroid dienone is 1. The standard InChI is InChI=1S/C13H15NO3/c1-3-4-10-12(14-17-13(15)16-2)11-8-6-5-7-9-11/h3,5-9H,1,4,10H2,2H3/b14-12-. The fourth-order valence-electron chi connectivity index (χ4n) is 1.24. The van der Waals surface area contributed by atoms with Crippen LogP contribution in [0.15, 0.2) is 48.1 Å². The van der Waals surface area contributed by atoms with Crippen molar-refractivity contribution in [3.05, 3.63) is 48.6 Å². The van der Waals surface area contributed by atoms with Crippen LogP contribution < -0.4 is 0 Å². The predicted octanol–water partition coefficient (Wildman–Crippen LogP) is 3.14. The largest absolute Gasteiger partial charge is 0.534 e. The van der Waals surface area contributed by atoms with E-state index in [1.165, 1.54) is 7.11 Å². The third-order valence-corrected chi connectivity index (χ3v) is 2.09. The lowest BCUT2D eigenvalue weighted by molar-refractivity contribution is 0.0752. The molecule has 0 heterocycles. The minimum atomic E-state index is -0.822. The van der Waals surface area contributed by atoms with Crippen molar-refractivity contribution in [3.8, 4) is 0 Å². The molecule has 0 saturated carbocycles. The van der Waals surface area contributed by atoms with E-state index < -0.39 is 6.16 Å². The Kier molecular flexibility index (Phi) is 5.51. The van der Waals surface area contributed by atoms with Crippen molar-refractivity contribution in [2.24, 2.45) is 5.16 Å². The highest BCUT2D eigenvalue weighted by atomic mass is 16.8. The summed E-state index contributed by atoms with van der Waals surface area (Å²) in [6, 6.07) is 9.52. The minimum Gasteiger partial charge on any atom is -0.436 e. The van der Waals surface area contributed by atoms with Crippen LogP contribution in [-0.2, 0) is 9.57 Å². The number of benzene rings is 1. The molecule has 0 atom stereocenters. The number of rotatable bonds is 5. The number of carbonyl (C=O) groups excluding carboxylic acids is 1. The van der Waals surface area contributed by atoms with Gasteiger partial charge in [0.2, 0.25) is 0 Å². The monoisotopic (exact) mass is 233 g/mol. The van der Waals surface area contributed by atoms with E-state index in [9.17, 15) is 4.79 Å². The van der Waals surface area contributed by atoms with Crippen LogP contribution in [0.3, 0.4) is 0 Å². The van der Waals surface area contributed by atoms with E-state index in [0.29, 0.717) is 12.1 Å². The van der Waals surface area contributed by atoms with Crippen molar-refractivity contribution in [2.75, 3.05) is 7.11 Å². The van der Waals surface area contributed by atoms with Crippen molar-refractivity contribution >= 4 is 11.9 Å². The van der Waals surface area contributed by atoms with E-state index in [1.54, 1.807) is 6.08 Å². The number of carbonyl (C=O) groups is 1. The van der Waals surface area contributed by atoms with Crippen LogP contribution in [0.5, 0.6) is 0 Å². The summed E-state index contributed by atoms with van der Waals surface area (Å²) in [5.41, 5.74) is 1.61. The summed E-state index contributed by atoms with van der Waals surface area (Å²) in [6.07, 6.45) is 2.39. The number of oxime groups is 1. The summed E-state index contributed by atoms with van der Waals surface area (Å²) in [5.74, 6) is 0. The Morgan fingerprint density at radius 2 is 2.12 bits per heavy atom. The van der Waals surface area contributed by atoms with Crippen LogP contribution in [0.4, 0.5) is 4.79 Å². The van der Waals surface area contributed by atoms with Gasteiger partial charge in [-0.2, -0.15) is 0 Å². The molecule has 0 fully saturated rings. The van der Waals surface area contributed by atoms with Gasteiger partial charge in [0.05, 0.1) is 12.8 Å². The summed E-state index contributed by atoms with van der Waals surface area (Å²) in [7, 11) is 1.24. The molecule has 1 aromatic rings.